The van der Waals surface area contributed by atoms with E-state index in [-0.39, 0.29) is 30.2 Å². The van der Waals surface area contributed by atoms with Crippen LogP contribution in [-0.4, -0.2) is 38.5 Å². The lowest BCUT2D eigenvalue weighted by Crippen LogP contribution is -2.49. The van der Waals surface area contributed by atoms with Crippen LogP contribution in [0.3, 0.4) is 0 Å². The first kappa shape index (κ1) is 20.3. The molecule has 5 rings (SSSR count). The zero-order valence-electron chi connectivity index (χ0n) is 17.8. The summed E-state index contributed by atoms with van der Waals surface area (Å²) in [6.07, 6.45) is 2.49. The highest BCUT2D eigenvalue weighted by atomic mass is 16.7. The minimum absolute atomic E-state index is 0.0225. The molecule has 0 spiro atoms. The molecular weight excluding hydrogens is 394 g/mol. The summed E-state index contributed by atoms with van der Waals surface area (Å²) in [7, 11) is 0. The van der Waals surface area contributed by atoms with Gasteiger partial charge in [-0.2, -0.15) is 0 Å². The summed E-state index contributed by atoms with van der Waals surface area (Å²) in [5.41, 5.74) is 9.94. The first-order valence-electron chi connectivity index (χ1n) is 11.0. The van der Waals surface area contributed by atoms with Crippen LogP contribution in [0.2, 0.25) is 0 Å². The fourth-order valence-electron chi connectivity index (χ4n) is 4.76. The molecule has 3 N–H and O–H groups in total. The molecule has 2 fully saturated rings. The van der Waals surface area contributed by atoms with E-state index in [4.69, 9.17) is 14.2 Å². The maximum absolute atomic E-state index is 13.0. The highest BCUT2D eigenvalue weighted by Crippen LogP contribution is 2.36. The monoisotopic (exact) mass is 423 g/mol. The van der Waals surface area contributed by atoms with Gasteiger partial charge in [0.05, 0.1) is 0 Å². The van der Waals surface area contributed by atoms with E-state index in [0.29, 0.717) is 13.0 Å². The van der Waals surface area contributed by atoms with Crippen LogP contribution in [-0.2, 0) is 14.9 Å². The number of hydrazine groups is 1. The van der Waals surface area contributed by atoms with Gasteiger partial charge in [-0.3, -0.25) is 4.79 Å². The summed E-state index contributed by atoms with van der Waals surface area (Å²) in [6, 6.07) is 14.3. The average Bonchev–Trinajstić information content (AvgIpc) is 3.47. The van der Waals surface area contributed by atoms with Crippen LogP contribution < -0.4 is 25.6 Å². The second-order valence-corrected chi connectivity index (χ2v) is 8.72. The number of rotatable bonds is 5. The number of ether oxygens (including phenoxy) is 3. The Morgan fingerprint density at radius 2 is 1.94 bits per heavy atom. The predicted octanol–water partition coefficient (Wildman–Crippen LogP) is 2.50. The van der Waals surface area contributed by atoms with Gasteiger partial charge < -0.3 is 19.5 Å². The molecule has 2 aromatic carbocycles. The van der Waals surface area contributed by atoms with Gasteiger partial charge in [0.25, 0.3) is 0 Å². The lowest BCUT2D eigenvalue weighted by molar-refractivity contribution is -0.123. The Hall–Kier alpha value is -2.61. The first-order valence-corrected chi connectivity index (χ1v) is 11.0. The van der Waals surface area contributed by atoms with Crippen molar-refractivity contribution in [2.24, 2.45) is 0 Å². The number of hydrogen-bond acceptors (Lipinski definition) is 6. The minimum Gasteiger partial charge on any atom is -0.454 e. The Morgan fingerprint density at radius 1 is 1.10 bits per heavy atom. The fourth-order valence-corrected chi connectivity index (χ4v) is 4.76. The topological polar surface area (TPSA) is 80.9 Å². The summed E-state index contributed by atoms with van der Waals surface area (Å²) >= 11 is 0. The van der Waals surface area contributed by atoms with Gasteiger partial charge in [-0.25, -0.2) is 10.9 Å². The van der Waals surface area contributed by atoms with Gasteiger partial charge in [-0.1, -0.05) is 35.9 Å². The van der Waals surface area contributed by atoms with Gasteiger partial charge in [0.15, 0.2) is 11.5 Å². The van der Waals surface area contributed by atoms with Crippen molar-refractivity contribution in [3.63, 3.8) is 0 Å². The summed E-state index contributed by atoms with van der Waals surface area (Å²) in [5, 5.41) is 3.23. The largest absolute Gasteiger partial charge is 0.454 e. The summed E-state index contributed by atoms with van der Waals surface area (Å²) in [4.78, 5) is 13.0. The molecule has 3 heterocycles. The van der Waals surface area contributed by atoms with Crippen molar-refractivity contribution in [3.8, 4) is 11.5 Å². The SMILES string of the molecule is Cc1cccc(C2(CNC(=O)C3CC(c4ccc5c(c4)OCO5)NN3)CCOCC2)c1. The summed E-state index contributed by atoms with van der Waals surface area (Å²) < 4.78 is 16.5. The van der Waals surface area contributed by atoms with Crippen molar-refractivity contribution in [2.75, 3.05) is 26.6 Å². The third kappa shape index (κ3) is 4.13. The fraction of sp³-hybridized carbons (Fsp3) is 0.458. The Balaban J connectivity index is 1.23. The van der Waals surface area contributed by atoms with Crippen LogP contribution >= 0.6 is 0 Å². The number of amides is 1. The maximum Gasteiger partial charge on any atom is 0.238 e. The second kappa shape index (κ2) is 8.49. The number of carbonyl (C=O) groups excluding carboxylic acids is 1. The lowest BCUT2D eigenvalue weighted by Gasteiger charge is -2.38. The Morgan fingerprint density at radius 3 is 2.77 bits per heavy atom. The maximum atomic E-state index is 13.0. The van der Waals surface area contributed by atoms with Crippen LogP contribution in [0.15, 0.2) is 42.5 Å². The van der Waals surface area contributed by atoms with Crippen molar-refractivity contribution in [1.29, 1.82) is 0 Å². The quantitative estimate of drug-likeness (QED) is 0.686. The van der Waals surface area contributed by atoms with E-state index >= 15 is 0 Å². The third-order valence-corrected chi connectivity index (χ3v) is 6.70. The van der Waals surface area contributed by atoms with E-state index in [0.717, 1.165) is 43.1 Å². The zero-order valence-corrected chi connectivity index (χ0v) is 17.8. The van der Waals surface area contributed by atoms with Gasteiger partial charge in [-0.15, -0.1) is 0 Å². The number of fused-ring (bicyclic) bond motifs is 1. The predicted molar refractivity (Wildman–Crippen MR) is 116 cm³/mol. The van der Waals surface area contributed by atoms with Crippen molar-refractivity contribution in [3.05, 3.63) is 59.2 Å². The number of hydrogen-bond donors (Lipinski definition) is 3. The summed E-state index contributed by atoms with van der Waals surface area (Å²) in [6.45, 7) is 4.43. The highest BCUT2D eigenvalue weighted by molar-refractivity contribution is 5.82. The van der Waals surface area contributed by atoms with E-state index < -0.39 is 0 Å². The molecule has 3 aliphatic rings. The lowest BCUT2D eigenvalue weighted by atomic mass is 9.73. The van der Waals surface area contributed by atoms with Crippen molar-refractivity contribution >= 4 is 5.91 Å². The average molecular weight is 424 g/mol. The van der Waals surface area contributed by atoms with Crippen LogP contribution in [0.5, 0.6) is 11.5 Å². The standard InChI is InChI=1S/C24H29N3O4/c1-16-3-2-4-18(11-16)24(7-9-29-10-8-24)14-25-23(28)20-13-19(26-27-20)17-5-6-21-22(12-17)31-15-30-21/h2-6,11-12,19-20,26-27H,7-10,13-15H2,1H3,(H,25,28). The van der Waals surface area contributed by atoms with Crippen LogP contribution in [0, 0.1) is 6.92 Å². The van der Waals surface area contributed by atoms with Crippen LogP contribution in [0.4, 0.5) is 0 Å². The number of nitrogens with one attached hydrogen (secondary N) is 3. The Kier molecular flexibility index (Phi) is 5.56. The molecule has 0 aliphatic carbocycles. The molecule has 7 heteroatoms. The molecule has 0 radical (unpaired) electrons. The van der Waals surface area contributed by atoms with Gasteiger partial charge in [0, 0.05) is 31.2 Å². The second-order valence-electron chi connectivity index (χ2n) is 8.72. The van der Waals surface area contributed by atoms with Crippen molar-refractivity contribution in [1.82, 2.24) is 16.2 Å². The molecule has 0 bridgehead atoms. The normalized spacial score (nSPS) is 24.2. The van der Waals surface area contributed by atoms with Crippen LogP contribution in [0.1, 0.15) is 42.0 Å². The van der Waals surface area contributed by atoms with Gasteiger partial charge in [-0.05, 0) is 49.4 Å². The molecule has 2 saturated heterocycles. The molecule has 3 aliphatic heterocycles. The highest BCUT2D eigenvalue weighted by Gasteiger charge is 2.37. The van der Waals surface area contributed by atoms with Gasteiger partial charge in [0.2, 0.25) is 12.7 Å². The van der Waals surface area contributed by atoms with Gasteiger partial charge >= 0.3 is 0 Å². The first-order chi connectivity index (χ1) is 15.1. The van der Waals surface area contributed by atoms with Crippen molar-refractivity contribution < 1.29 is 19.0 Å². The van der Waals surface area contributed by atoms with Crippen LogP contribution in [0.25, 0.3) is 0 Å². The minimum atomic E-state index is -0.287. The molecule has 31 heavy (non-hydrogen) atoms. The number of carbonyl (C=O) groups is 1. The van der Waals surface area contributed by atoms with E-state index in [2.05, 4.69) is 47.4 Å². The van der Waals surface area contributed by atoms with E-state index in [1.54, 1.807) is 0 Å². The molecule has 2 unspecified atom stereocenters. The molecule has 2 aromatic rings. The van der Waals surface area contributed by atoms with E-state index in [1.807, 2.05) is 18.2 Å². The van der Waals surface area contributed by atoms with Crippen molar-refractivity contribution in [2.45, 2.75) is 43.7 Å². The van der Waals surface area contributed by atoms with Gasteiger partial charge in [0.1, 0.15) is 6.04 Å². The molecule has 2 atom stereocenters. The van der Waals surface area contributed by atoms with E-state index in [9.17, 15) is 4.79 Å². The molecule has 7 nitrogen and oxygen atoms in total. The third-order valence-electron chi connectivity index (χ3n) is 6.70. The summed E-state index contributed by atoms with van der Waals surface area (Å²) in [5.74, 6) is 1.54. The molecule has 0 aromatic heterocycles. The van der Waals surface area contributed by atoms with E-state index in [1.165, 1.54) is 11.1 Å². The Bertz CT molecular complexity index is 958. The smallest absolute Gasteiger partial charge is 0.238 e. The molecule has 0 saturated carbocycles. The molecule has 1 amide bonds. The number of benzene rings is 2. The molecule has 164 valence electrons. The Labute approximate surface area is 182 Å². The number of aryl methyl sites for hydroxylation is 1. The molecular formula is C24H29N3O4. The zero-order chi connectivity index (χ0) is 21.3.